The fourth-order valence-electron chi connectivity index (χ4n) is 3.38. The van der Waals surface area contributed by atoms with Gasteiger partial charge in [-0.1, -0.05) is 68.3 Å². The highest BCUT2D eigenvalue weighted by Gasteiger charge is 2.37. The number of hydrogen-bond donors (Lipinski definition) is 0. The van der Waals surface area contributed by atoms with E-state index in [9.17, 15) is 0 Å². The Morgan fingerprint density at radius 1 is 0.786 bits per heavy atom. The Balaban J connectivity index is 2.15. The summed E-state index contributed by atoms with van der Waals surface area (Å²) in [5.74, 6) is 1.00. The fourth-order valence-corrected chi connectivity index (χ4v) is 5.07. The second kappa shape index (κ2) is 12.0. The molecular weight excluding hydrogens is 368 g/mol. The molecule has 28 heavy (non-hydrogen) atoms. The summed E-state index contributed by atoms with van der Waals surface area (Å²) in [6.07, 6.45) is 5.49. The number of hydrogen-bond acceptors (Lipinski definition) is 4. The monoisotopic (exact) mass is 402 g/mol. The topological polar surface area (TPSA) is 36.9 Å². The third kappa shape index (κ3) is 6.17. The summed E-state index contributed by atoms with van der Waals surface area (Å²) in [5.41, 5.74) is 3.62. The normalized spacial score (nSPS) is 11.6. The molecule has 0 aliphatic heterocycles. The minimum atomic E-state index is -2.55. The molecule has 0 radical (unpaired) electrons. The van der Waals surface area contributed by atoms with Gasteiger partial charge >= 0.3 is 8.80 Å². The van der Waals surface area contributed by atoms with Gasteiger partial charge in [-0.15, -0.1) is 0 Å². The molecule has 4 nitrogen and oxygen atoms in total. The van der Waals surface area contributed by atoms with Crippen LogP contribution in [0, 0.1) is 0 Å². The third-order valence-electron chi connectivity index (χ3n) is 5.04. The standard InChI is InChI=1S/C23H34O4Si/c1-5-6-8-15-21-16-11-17-22(20-13-9-7-10-14-20)23(21)27-18-12-19-28(24-2,25-3)26-4/h7,9-11,13-14,16-17H,5-6,8,12,15,18-19H2,1-4H3. The van der Waals surface area contributed by atoms with Gasteiger partial charge in [0.1, 0.15) is 5.75 Å². The van der Waals surface area contributed by atoms with Crippen LogP contribution in [0.4, 0.5) is 0 Å². The van der Waals surface area contributed by atoms with E-state index >= 15 is 0 Å². The highest BCUT2D eigenvalue weighted by atomic mass is 28.4. The Hall–Kier alpha value is -1.66. The van der Waals surface area contributed by atoms with E-state index in [1.54, 1.807) is 21.3 Å². The Morgan fingerprint density at radius 3 is 2.14 bits per heavy atom. The molecule has 5 heteroatoms. The lowest BCUT2D eigenvalue weighted by Crippen LogP contribution is -2.42. The van der Waals surface area contributed by atoms with Crippen molar-refractivity contribution in [1.29, 1.82) is 0 Å². The minimum Gasteiger partial charge on any atom is -0.493 e. The zero-order chi connectivity index (χ0) is 20.2. The Morgan fingerprint density at radius 2 is 1.50 bits per heavy atom. The van der Waals surface area contributed by atoms with Crippen LogP contribution >= 0.6 is 0 Å². The molecule has 2 aromatic rings. The first-order chi connectivity index (χ1) is 13.7. The summed E-state index contributed by atoms with van der Waals surface area (Å²) < 4.78 is 22.9. The van der Waals surface area contributed by atoms with Gasteiger partial charge < -0.3 is 18.0 Å². The van der Waals surface area contributed by atoms with Crippen LogP contribution in [0.2, 0.25) is 6.04 Å². The van der Waals surface area contributed by atoms with E-state index in [1.165, 1.54) is 30.4 Å². The van der Waals surface area contributed by atoms with Crippen molar-refractivity contribution in [3.8, 4) is 16.9 Å². The van der Waals surface area contributed by atoms with Gasteiger partial charge in [0.05, 0.1) is 6.61 Å². The molecule has 2 rings (SSSR count). The van der Waals surface area contributed by atoms with Crippen LogP contribution in [0.25, 0.3) is 11.1 Å². The summed E-state index contributed by atoms with van der Waals surface area (Å²) in [6, 6.07) is 17.6. The van der Waals surface area contributed by atoms with E-state index in [0.29, 0.717) is 6.61 Å². The Bertz CT molecular complexity index is 678. The summed E-state index contributed by atoms with van der Waals surface area (Å²) in [7, 11) is 2.40. The number of aryl methyl sites for hydroxylation is 1. The Labute approximate surface area is 171 Å². The molecule has 0 saturated carbocycles. The van der Waals surface area contributed by atoms with E-state index in [4.69, 9.17) is 18.0 Å². The third-order valence-corrected chi connectivity index (χ3v) is 7.87. The van der Waals surface area contributed by atoms with E-state index in [-0.39, 0.29) is 0 Å². The van der Waals surface area contributed by atoms with Gasteiger partial charge in [0, 0.05) is 32.9 Å². The summed E-state index contributed by atoms with van der Waals surface area (Å²) in [4.78, 5) is 0. The van der Waals surface area contributed by atoms with Gasteiger partial charge in [-0.2, -0.15) is 0 Å². The molecule has 0 N–H and O–H groups in total. The van der Waals surface area contributed by atoms with Gasteiger partial charge in [0.15, 0.2) is 0 Å². The predicted molar refractivity (Wildman–Crippen MR) is 117 cm³/mol. The summed E-state index contributed by atoms with van der Waals surface area (Å²) in [6.45, 7) is 2.84. The minimum absolute atomic E-state index is 0.607. The molecule has 0 heterocycles. The van der Waals surface area contributed by atoms with E-state index in [0.717, 1.165) is 30.2 Å². The lowest BCUT2D eigenvalue weighted by molar-refractivity contribution is 0.121. The van der Waals surface area contributed by atoms with Crippen molar-refractivity contribution < 1.29 is 18.0 Å². The lowest BCUT2D eigenvalue weighted by atomic mass is 9.98. The zero-order valence-corrected chi connectivity index (χ0v) is 18.7. The quantitative estimate of drug-likeness (QED) is 0.316. The highest BCUT2D eigenvalue weighted by molar-refractivity contribution is 6.60. The molecule has 0 spiro atoms. The van der Waals surface area contributed by atoms with Crippen LogP contribution in [-0.2, 0) is 19.7 Å². The van der Waals surface area contributed by atoms with Crippen molar-refractivity contribution in [3.05, 3.63) is 54.1 Å². The molecule has 0 unspecified atom stereocenters. The first-order valence-corrected chi connectivity index (χ1v) is 12.1. The lowest BCUT2D eigenvalue weighted by Gasteiger charge is -2.24. The molecule has 0 aliphatic carbocycles. The van der Waals surface area contributed by atoms with Crippen molar-refractivity contribution in [2.45, 2.75) is 45.1 Å². The van der Waals surface area contributed by atoms with Crippen LogP contribution in [0.5, 0.6) is 5.75 Å². The average molecular weight is 403 g/mol. The molecule has 0 bridgehead atoms. The number of benzene rings is 2. The molecule has 0 amide bonds. The first kappa shape index (κ1) is 22.6. The van der Waals surface area contributed by atoms with Gasteiger partial charge in [0.25, 0.3) is 0 Å². The SMILES string of the molecule is CCCCCc1cccc(-c2ccccc2)c1OCCC[Si](OC)(OC)OC. The number of unbranched alkanes of at least 4 members (excludes halogenated alkanes) is 2. The van der Waals surface area contributed by atoms with Crippen molar-refractivity contribution in [3.63, 3.8) is 0 Å². The highest BCUT2D eigenvalue weighted by Crippen LogP contribution is 2.34. The van der Waals surface area contributed by atoms with Crippen LogP contribution in [-0.4, -0.2) is 36.7 Å². The predicted octanol–water partition coefficient (Wildman–Crippen LogP) is 5.73. The van der Waals surface area contributed by atoms with Crippen molar-refractivity contribution in [2.75, 3.05) is 27.9 Å². The number of para-hydroxylation sites is 1. The van der Waals surface area contributed by atoms with Crippen molar-refractivity contribution in [1.82, 2.24) is 0 Å². The van der Waals surface area contributed by atoms with E-state index in [2.05, 4.69) is 49.4 Å². The Kier molecular flexibility index (Phi) is 9.71. The molecule has 154 valence electrons. The molecule has 0 fully saturated rings. The zero-order valence-electron chi connectivity index (χ0n) is 17.7. The molecule has 0 saturated heterocycles. The first-order valence-electron chi connectivity index (χ1n) is 10.1. The second-order valence-electron chi connectivity index (χ2n) is 6.86. The van der Waals surface area contributed by atoms with Crippen LogP contribution in [0.1, 0.15) is 38.2 Å². The van der Waals surface area contributed by atoms with Crippen molar-refractivity contribution in [2.24, 2.45) is 0 Å². The second-order valence-corrected chi connectivity index (χ2v) is 9.96. The number of rotatable bonds is 13. The number of ether oxygens (including phenoxy) is 1. The maximum Gasteiger partial charge on any atom is 0.500 e. The van der Waals surface area contributed by atoms with E-state index in [1.807, 2.05) is 6.07 Å². The van der Waals surface area contributed by atoms with E-state index < -0.39 is 8.80 Å². The van der Waals surface area contributed by atoms with Gasteiger partial charge in [-0.3, -0.25) is 0 Å². The maximum atomic E-state index is 6.34. The van der Waals surface area contributed by atoms with Crippen LogP contribution in [0.15, 0.2) is 48.5 Å². The van der Waals surface area contributed by atoms with Gasteiger partial charge in [-0.25, -0.2) is 0 Å². The largest absolute Gasteiger partial charge is 0.500 e. The van der Waals surface area contributed by atoms with Crippen LogP contribution < -0.4 is 4.74 Å². The molecule has 0 atom stereocenters. The molecular formula is C23H34O4Si. The average Bonchev–Trinajstić information content (AvgIpc) is 2.76. The van der Waals surface area contributed by atoms with Crippen molar-refractivity contribution >= 4 is 8.80 Å². The molecule has 0 aromatic heterocycles. The van der Waals surface area contributed by atoms with Crippen LogP contribution in [0.3, 0.4) is 0 Å². The van der Waals surface area contributed by atoms with Gasteiger partial charge in [-0.05, 0) is 30.4 Å². The van der Waals surface area contributed by atoms with Gasteiger partial charge in [0.2, 0.25) is 0 Å². The summed E-state index contributed by atoms with van der Waals surface area (Å²) >= 11 is 0. The maximum absolute atomic E-state index is 6.34. The summed E-state index contributed by atoms with van der Waals surface area (Å²) in [5, 5.41) is 0. The molecule has 2 aromatic carbocycles. The molecule has 0 aliphatic rings. The smallest absolute Gasteiger partial charge is 0.493 e. The fraction of sp³-hybridized carbons (Fsp3) is 0.478.